The van der Waals surface area contributed by atoms with E-state index in [1.807, 2.05) is 0 Å². The third-order valence-corrected chi connectivity index (χ3v) is 7.79. The maximum Gasteiger partial charge on any atom is -0.0173 e. The average Bonchev–Trinajstić information content (AvgIpc) is 2.64. The first kappa shape index (κ1) is 12.4. The first-order valence-electron chi connectivity index (χ1n) is 5.84. The molecular weight excluding hydrogens is 188 g/mol. The molecule has 2 atom stereocenters. The van der Waals surface area contributed by atoms with Crippen molar-refractivity contribution in [2.45, 2.75) is 46.3 Å². The van der Waals surface area contributed by atoms with E-state index in [0.29, 0.717) is 5.41 Å². The predicted molar refractivity (Wildman–Crippen MR) is 70.5 cm³/mol. The summed E-state index contributed by atoms with van der Waals surface area (Å²) >= 11 is 0. The summed E-state index contributed by atoms with van der Waals surface area (Å²) in [7, 11) is -0.328. The van der Waals surface area contributed by atoms with Crippen LogP contribution in [0.1, 0.15) is 41.0 Å². The Balaban J connectivity index is 2.43. The standard InChI is InChI=1S/C13H28S/c1-10(2)14(6,7)9-11-8-12(11)13(3,4)5/h10-12H,8-9H2,1-7H3. The van der Waals surface area contributed by atoms with Crippen LogP contribution >= 0.6 is 10.0 Å². The van der Waals surface area contributed by atoms with E-state index < -0.39 is 0 Å². The van der Waals surface area contributed by atoms with Crippen molar-refractivity contribution < 1.29 is 0 Å². The van der Waals surface area contributed by atoms with Crippen LogP contribution in [0.25, 0.3) is 0 Å². The van der Waals surface area contributed by atoms with E-state index in [0.717, 1.165) is 17.1 Å². The van der Waals surface area contributed by atoms with E-state index >= 15 is 0 Å². The highest BCUT2D eigenvalue weighted by Gasteiger charge is 2.46. The number of rotatable bonds is 3. The molecule has 0 nitrogen and oxygen atoms in total. The van der Waals surface area contributed by atoms with Crippen molar-refractivity contribution in [1.82, 2.24) is 0 Å². The molecule has 14 heavy (non-hydrogen) atoms. The van der Waals surface area contributed by atoms with E-state index in [-0.39, 0.29) is 10.0 Å². The van der Waals surface area contributed by atoms with Crippen molar-refractivity contribution in [3.05, 3.63) is 0 Å². The molecule has 0 N–H and O–H groups in total. The lowest BCUT2D eigenvalue weighted by atomic mass is 9.89. The Morgan fingerprint density at radius 2 is 1.71 bits per heavy atom. The summed E-state index contributed by atoms with van der Waals surface area (Å²) in [6, 6.07) is 0. The maximum absolute atomic E-state index is 2.51. The van der Waals surface area contributed by atoms with E-state index in [2.05, 4.69) is 47.1 Å². The molecule has 0 aromatic rings. The Morgan fingerprint density at radius 3 is 2.00 bits per heavy atom. The molecule has 1 aliphatic rings. The summed E-state index contributed by atoms with van der Waals surface area (Å²) in [6.07, 6.45) is 6.51. The van der Waals surface area contributed by atoms with E-state index in [9.17, 15) is 0 Å². The molecule has 0 radical (unpaired) electrons. The van der Waals surface area contributed by atoms with Crippen LogP contribution < -0.4 is 0 Å². The minimum atomic E-state index is -0.328. The van der Waals surface area contributed by atoms with Gasteiger partial charge in [0.1, 0.15) is 0 Å². The molecule has 1 saturated carbocycles. The molecule has 0 amide bonds. The van der Waals surface area contributed by atoms with Gasteiger partial charge in [-0.15, -0.1) is 0 Å². The summed E-state index contributed by atoms with van der Waals surface area (Å²) in [5.41, 5.74) is 0.553. The SMILES string of the molecule is CC(C)S(C)(C)CC1CC1C(C)(C)C. The van der Waals surface area contributed by atoms with Crippen LogP contribution in [-0.2, 0) is 0 Å². The van der Waals surface area contributed by atoms with Gasteiger partial charge in [-0.2, -0.15) is 0 Å². The third-order valence-electron chi connectivity index (χ3n) is 3.95. The van der Waals surface area contributed by atoms with Crippen LogP contribution in [-0.4, -0.2) is 23.5 Å². The Hall–Kier alpha value is 0.350. The van der Waals surface area contributed by atoms with E-state index in [1.54, 1.807) is 0 Å². The molecule has 0 saturated heterocycles. The van der Waals surface area contributed by atoms with Gasteiger partial charge >= 0.3 is 0 Å². The minimum absolute atomic E-state index is 0.328. The van der Waals surface area contributed by atoms with Gasteiger partial charge in [0.15, 0.2) is 0 Å². The molecule has 0 spiro atoms. The quantitative estimate of drug-likeness (QED) is 0.665. The Morgan fingerprint density at radius 1 is 1.21 bits per heavy atom. The van der Waals surface area contributed by atoms with Crippen LogP contribution in [0.15, 0.2) is 0 Å². The van der Waals surface area contributed by atoms with Gasteiger partial charge in [-0.1, -0.05) is 34.6 Å². The Kier molecular flexibility index (Phi) is 3.31. The molecule has 0 aromatic heterocycles. The molecule has 1 aliphatic carbocycles. The molecule has 0 heterocycles. The molecule has 0 aromatic carbocycles. The van der Waals surface area contributed by atoms with Crippen molar-refractivity contribution in [1.29, 1.82) is 0 Å². The molecule has 86 valence electrons. The van der Waals surface area contributed by atoms with Gasteiger partial charge in [0.2, 0.25) is 0 Å². The Bertz CT molecular complexity index is 198. The highest BCUT2D eigenvalue weighted by atomic mass is 32.3. The van der Waals surface area contributed by atoms with Crippen molar-refractivity contribution in [2.75, 3.05) is 18.3 Å². The highest BCUT2D eigenvalue weighted by molar-refractivity contribution is 8.33. The van der Waals surface area contributed by atoms with Crippen LogP contribution in [0, 0.1) is 17.3 Å². The van der Waals surface area contributed by atoms with Crippen molar-refractivity contribution in [3.63, 3.8) is 0 Å². The zero-order valence-corrected chi connectivity index (χ0v) is 11.9. The molecule has 1 heteroatoms. The predicted octanol–water partition coefficient (Wildman–Crippen LogP) is 4.14. The monoisotopic (exact) mass is 216 g/mol. The highest BCUT2D eigenvalue weighted by Crippen LogP contribution is 2.58. The maximum atomic E-state index is 2.51. The smallest absolute Gasteiger partial charge is 0.0173 e. The van der Waals surface area contributed by atoms with Crippen molar-refractivity contribution >= 4 is 10.0 Å². The second-order valence-corrected chi connectivity index (χ2v) is 11.3. The second-order valence-electron chi connectivity index (χ2n) is 6.81. The first-order valence-corrected chi connectivity index (χ1v) is 8.52. The summed E-state index contributed by atoms with van der Waals surface area (Å²) < 4.78 is 0. The number of hydrogen-bond acceptors (Lipinski definition) is 0. The van der Waals surface area contributed by atoms with Gasteiger partial charge in [0.05, 0.1) is 0 Å². The fraction of sp³-hybridized carbons (Fsp3) is 1.00. The fourth-order valence-corrected chi connectivity index (χ4v) is 4.09. The summed E-state index contributed by atoms with van der Waals surface area (Å²) in [5.74, 6) is 3.56. The summed E-state index contributed by atoms with van der Waals surface area (Å²) in [6.45, 7) is 12.0. The third kappa shape index (κ3) is 2.92. The van der Waals surface area contributed by atoms with Gasteiger partial charge in [-0.3, -0.25) is 0 Å². The molecular formula is C13H28S. The zero-order chi connectivity index (χ0) is 11.1. The summed E-state index contributed by atoms with van der Waals surface area (Å²) in [4.78, 5) is 0. The van der Waals surface area contributed by atoms with Crippen molar-refractivity contribution in [3.8, 4) is 0 Å². The van der Waals surface area contributed by atoms with E-state index in [1.165, 1.54) is 12.2 Å². The fourth-order valence-electron chi connectivity index (χ4n) is 2.24. The molecule has 1 rings (SSSR count). The second kappa shape index (κ2) is 3.73. The molecule has 0 aliphatic heterocycles. The van der Waals surface area contributed by atoms with Crippen molar-refractivity contribution in [2.24, 2.45) is 17.3 Å². The first-order chi connectivity index (χ1) is 6.14. The van der Waals surface area contributed by atoms with Crippen LogP contribution in [0.5, 0.6) is 0 Å². The molecule has 0 bridgehead atoms. The lowest BCUT2D eigenvalue weighted by Crippen LogP contribution is -2.17. The Labute approximate surface area is 92.2 Å². The summed E-state index contributed by atoms with van der Waals surface area (Å²) in [5, 5.41) is 0.892. The lowest BCUT2D eigenvalue weighted by molar-refractivity contribution is 0.335. The normalized spacial score (nSPS) is 29.4. The largest absolute Gasteiger partial charge is 0.244 e. The van der Waals surface area contributed by atoms with Crippen LogP contribution in [0.4, 0.5) is 0 Å². The zero-order valence-electron chi connectivity index (χ0n) is 11.1. The topological polar surface area (TPSA) is 0 Å². The lowest BCUT2D eigenvalue weighted by Gasteiger charge is -2.36. The van der Waals surface area contributed by atoms with Crippen LogP contribution in [0.3, 0.4) is 0 Å². The van der Waals surface area contributed by atoms with Gasteiger partial charge in [0, 0.05) is 0 Å². The van der Waals surface area contributed by atoms with Gasteiger partial charge in [0.25, 0.3) is 0 Å². The van der Waals surface area contributed by atoms with E-state index in [4.69, 9.17) is 0 Å². The number of hydrogen-bond donors (Lipinski definition) is 0. The van der Waals surface area contributed by atoms with Crippen LogP contribution in [0.2, 0.25) is 0 Å². The molecule has 1 fully saturated rings. The molecule has 2 unspecified atom stereocenters. The average molecular weight is 216 g/mol. The minimum Gasteiger partial charge on any atom is -0.244 e. The van der Waals surface area contributed by atoms with Gasteiger partial charge in [-0.05, 0) is 47.2 Å². The van der Waals surface area contributed by atoms with Gasteiger partial charge in [-0.25, -0.2) is 10.0 Å². The van der Waals surface area contributed by atoms with Gasteiger partial charge < -0.3 is 0 Å².